The second kappa shape index (κ2) is 12.4. The van der Waals surface area contributed by atoms with Crippen LogP contribution in [0.3, 0.4) is 0 Å². The molecule has 1 aliphatic heterocycles. The number of carbonyl (C=O) groups is 2. The zero-order valence-electron chi connectivity index (χ0n) is 24.7. The van der Waals surface area contributed by atoms with Crippen molar-refractivity contribution >= 4 is 11.8 Å². The van der Waals surface area contributed by atoms with Crippen molar-refractivity contribution in [2.24, 2.45) is 5.41 Å². The predicted molar refractivity (Wildman–Crippen MR) is 161 cm³/mol. The van der Waals surface area contributed by atoms with E-state index in [9.17, 15) is 28.3 Å². The first-order chi connectivity index (χ1) is 20.5. The molecule has 3 aromatic rings. The Morgan fingerprint density at radius 1 is 0.977 bits per heavy atom. The lowest BCUT2D eigenvalue weighted by Gasteiger charge is -2.52. The van der Waals surface area contributed by atoms with E-state index in [2.05, 4.69) is 0 Å². The minimum absolute atomic E-state index is 0.0275. The molecule has 1 N–H and O–H groups in total. The number of rotatable bonds is 8. The number of nitrogens with zero attached hydrogens (tertiary/aromatic N) is 3. The van der Waals surface area contributed by atoms with Crippen LogP contribution in [0.5, 0.6) is 0 Å². The topological polar surface area (TPSA) is 82.8 Å². The summed E-state index contributed by atoms with van der Waals surface area (Å²) in [5.74, 6) is -1.82. The first-order valence-corrected chi connectivity index (χ1v) is 14.9. The monoisotopic (exact) mass is 591 g/mol. The minimum atomic E-state index is -2.68. The van der Waals surface area contributed by atoms with Crippen LogP contribution in [0.1, 0.15) is 60.4 Å². The summed E-state index contributed by atoms with van der Waals surface area (Å²) in [4.78, 5) is 43.2. The van der Waals surface area contributed by atoms with E-state index < -0.39 is 23.4 Å². The third-order valence-corrected chi connectivity index (χ3v) is 9.40. The minimum Gasteiger partial charge on any atom is -0.387 e. The summed E-state index contributed by atoms with van der Waals surface area (Å²) in [6.07, 6.45) is 1.78. The molecule has 1 spiro atoms. The fraction of sp³-hybridized carbons (Fsp3) is 0.441. The van der Waals surface area contributed by atoms with Crippen LogP contribution >= 0.6 is 0 Å². The number of amides is 2. The van der Waals surface area contributed by atoms with Gasteiger partial charge < -0.3 is 19.5 Å². The van der Waals surface area contributed by atoms with Crippen molar-refractivity contribution in [3.8, 4) is 11.1 Å². The summed E-state index contributed by atoms with van der Waals surface area (Å²) in [6.45, 7) is 0.413. The zero-order chi connectivity index (χ0) is 30.8. The molecule has 5 rings (SSSR count). The van der Waals surface area contributed by atoms with Crippen LogP contribution in [0.15, 0.2) is 77.7 Å². The van der Waals surface area contributed by atoms with Crippen molar-refractivity contribution in [2.75, 3.05) is 27.2 Å². The van der Waals surface area contributed by atoms with E-state index >= 15 is 0 Å². The van der Waals surface area contributed by atoms with E-state index in [1.807, 2.05) is 30.3 Å². The van der Waals surface area contributed by atoms with Gasteiger partial charge in [-0.1, -0.05) is 73.5 Å². The highest BCUT2D eigenvalue weighted by Gasteiger charge is 2.55. The molecule has 0 bridgehead atoms. The van der Waals surface area contributed by atoms with E-state index in [0.29, 0.717) is 29.5 Å². The van der Waals surface area contributed by atoms with Gasteiger partial charge in [-0.05, 0) is 30.4 Å². The molecule has 2 fully saturated rings. The quantitative estimate of drug-likeness (QED) is 0.392. The lowest BCUT2D eigenvalue weighted by atomic mass is 9.65. The van der Waals surface area contributed by atoms with Crippen molar-refractivity contribution in [2.45, 2.75) is 63.0 Å². The van der Waals surface area contributed by atoms with Crippen molar-refractivity contribution < 1.29 is 23.5 Å². The van der Waals surface area contributed by atoms with Gasteiger partial charge in [0.05, 0.1) is 23.6 Å². The van der Waals surface area contributed by atoms with Gasteiger partial charge in [0.2, 0.25) is 12.3 Å². The molecule has 2 heterocycles. The normalized spacial score (nSPS) is 20.4. The fourth-order valence-corrected chi connectivity index (χ4v) is 6.93. The Morgan fingerprint density at radius 2 is 1.60 bits per heavy atom. The van der Waals surface area contributed by atoms with E-state index in [4.69, 9.17) is 0 Å². The molecule has 43 heavy (non-hydrogen) atoms. The summed E-state index contributed by atoms with van der Waals surface area (Å²) in [7, 11) is 3.30. The molecule has 1 saturated heterocycles. The third kappa shape index (κ3) is 6.13. The summed E-state index contributed by atoms with van der Waals surface area (Å²) in [6, 6.07) is 19.1. The van der Waals surface area contributed by atoms with Gasteiger partial charge in [0.15, 0.2) is 0 Å². The van der Waals surface area contributed by atoms with Gasteiger partial charge in [-0.3, -0.25) is 14.4 Å². The number of alkyl halides is 2. The molecular formula is C34H39F2N3O4. The maximum atomic E-state index is 14.0. The van der Waals surface area contributed by atoms with Crippen LogP contribution < -0.4 is 5.56 Å². The molecule has 2 amide bonds. The highest BCUT2D eigenvalue weighted by atomic mass is 19.3. The average Bonchev–Trinajstić information content (AvgIpc) is 3.48. The van der Waals surface area contributed by atoms with Crippen molar-refractivity contribution in [1.29, 1.82) is 0 Å². The standard InChI is InChI=1S/C34H39F2N3O4/c1-37(2)32(42)28-21-39(30(41)19-26(28)24-11-5-3-6-12-24)23-34(43)17-18-38(22-33(34)15-9-10-16-33)29(40)20-27(31(35)36)25-13-7-4-8-14-25/h3-8,11-14,19,21,27,31,43H,9-10,15-18,20,22-23H2,1-2H3. The van der Waals surface area contributed by atoms with E-state index in [-0.39, 0.29) is 49.8 Å². The van der Waals surface area contributed by atoms with Gasteiger partial charge >= 0.3 is 0 Å². The average molecular weight is 592 g/mol. The number of likely N-dealkylation sites (tertiary alicyclic amines) is 1. The van der Waals surface area contributed by atoms with E-state index in [0.717, 1.165) is 18.4 Å². The van der Waals surface area contributed by atoms with Crippen molar-refractivity contribution in [3.05, 3.63) is 94.4 Å². The number of halogens is 2. The van der Waals surface area contributed by atoms with Gasteiger partial charge in [-0.15, -0.1) is 0 Å². The molecule has 9 heteroatoms. The maximum absolute atomic E-state index is 14.0. The van der Waals surface area contributed by atoms with Crippen LogP contribution in [0.2, 0.25) is 0 Å². The lowest BCUT2D eigenvalue weighted by Crippen LogP contribution is -2.62. The van der Waals surface area contributed by atoms with E-state index in [1.165, 1.54) is 21.7 Å². The second-order valence-electron chi connectivity index (χ2n) is 12.3. The molecule has 2 aromatic carbocycles. The number of aliphatic hydroxyl groups is 1. The zero-order valence-corrected chi connectivity index (χ0v) is 24.7. The smallest absolute Gasteiger partial charge is 0.255 e. The number of aromatic nitrogens is 1. The highest BCUT2D eigenvalue weighted by molar-refractivity contribution is 6.00. The molecule has 7 nitrogen and oxygen atoms in total. The highest BCUT2D eigenvalue weighted by Crippen LogP contribution is 2.52. The summed E-state index contributed by atoms with van der Waals surface area (Å²) >= 11 is 0. The Balaban J connectivity index is 1.43. The molecule has 228 valence electrons. The van der Waals surface area contributed by atoms with Crippen LogP contribution in [0.25, 0.3) is 11.1 Å². The number of benzene rings is 2. The van der Waals surface area contributed by atoms with Crippen LogP contribution in [0.4, 0.5) is 8.78 Å². The molecule has 2 atom stereocenters. The molecule has 1 saturated carbocycles. The number of pyridine rings is 1. The Bertz CT molecular complexity index is 1500. The number of piperidine rings is 1. The van der Waals surface area contributed by atoms with Gasteiger partial charge in [0.25, 0.3) is 11.5 Å². The molecule has 1 aliphatic carbocycles. The van der Waals surface area contributed by atoms with Gasteiger partial charge in [0, 0.05) is 56.8 Å². The number of hydrogen-bond acceptors (Lipinski definition) is 4. The van der Waals surface area contributed by atoms with Gasteiger partial charge in [-0.25, -0.2) is 8.78 Å². The van der Waals surface area contributed by atoms with Crippen LogP contribution in [-0.4, -0.2) is 70.5 Å². The van der Waals surface area contributed by atoms with Crippen molar-refractivity contribution in [1.82, 2.24) is 14.4 Å². The Kier molecular flexibility index (Phi) is 8.83. The van der Waals surface area contributed by atoms with Crippen LogP contribution in [0, 0.1) is 5.41 Å². The summed E-state index contributed by atoms with van der Waals surface area (Å²) < 4.78 is 29.5. The SMILES string of the molecule is CN(C)C(=O)c1cn(CC2(O)CCN(C(=O)CC(c3ccccc3)C(F)F)CC23CCCC3)c(=O)cc1-c1ccccc1. The third-order valence-electron chi connectivity index (χ3n) is 9.40. The van der Waals surface area contributed by atoms with Gasteiger partial charge in [-0.2, -0.15) is 0 Å². The molecular weight excluding hydrogens is 552 g/mol. The second-order valence-corrected chi connectivity index (χ2v) is 12.3. The number of carbonyl (C=O) groups excluding carboxylic acids is 2. The first-order valence-electron chi connectivity index (χ1n) is 14.9. The van der Waals surface area contributed by atoms with E-state index in [1.54, 1.807) is 49.3 Å². The summed E-state index contributed by atoms with van der Waals surface area (Å²) in [5, 5.41) is 12.3. The van der Waals surface area contributed by atoms with Gasteiger partial charge in [0.1, 0.15) is 0 Å². The molecule has 2 aliphatic rings. The Labute approximate surface area is 250 Å². The van der Waals surface area contributed by atoms with Crippen molar-refractivity contribution in [3.63, 3.8) is 0 Å². The lowest BCUT2D eigenvalue weighted by molar-refractivity contribution is -0.161. The largest absolute Gasteiger partial charge is 0.387 e. The van der Waals surface area contributed by atoms with Crippen LogP contribution in [-0.2, 0) is 11.3 Å². The predicted octanol–water partition coefficient (Wildman–Crippen LogP) is 5.18. The Hall–Kier alpha value is -3.85. The summed E-state index contributed by atoms with van der Waals surface area (Å²) in [5.41, 5.74) is -0.294. The number of hydrogen-bond donors (Lipinski definition) is 1. The molecule has 0 radical (unpaired) electrons. The fourth-order valence-electron chi connectivity index (χ4n) is 6.93. The Morgan fingerprint density at radius 3 is 2.21 bits per heavy atom. The molecule has 1 aromatic heterocycles. The first kappa shape index (κ1) is 30.6. The molecule has 2 unspecified atom stereocenters. The maximum Gasteiger partial charge on any atom is 0.255 e.